The van der Waals surface area contributed by atoms with Crippen LogP contribution in [-0.4, -0.2) is 14.0 Å². The van der Waals surface area contributed by atoms with Gasteiger partial charge in [-0.3, -0.25) is 9.20 Å². The van der Waals surface area contributed by atoms with E-state index in [4.69, 9.17) is 11.6 Å². The number of halogens is 3. The van der Waals surface area contributed by atoms with Gasteiger partial charge in [-0.25, -0.2) is 9.37 Å². The van der Waals surface area contributed by atoms with E-state index in [9.17, 15) is 9.18 Å². The molecule has 4 aromatic rings. The number of fused-ring (bicyclic) bond motifs is 1. The lowest BCUT2D eigenvalue weighted by Gasteiger charge is -2.12. The van der Waals surface area contributed by atoms with Gasteiger partial charge in [-0.2, -0.15) is 0 Å². The second kappa shape index (κ2) is 6.94. The largest absolute Gasteiger partial charge is 0.311 e. The van der Waals surface area contributed by atoms with E-state index in [1.165, 1.54) is 16.5 Å². The predicted molar refractivity (Wildman–Crippen MR) is 108 cm³/mol. The third-order valence-electron chi connectivity index (χ3n) is 4.41. The molecule has 0 unspecified atom stereocenters. The van der Waals surface area contributed by atoms with Crippen LogP contribution in [0.15, 0.2) is 64.0 Å². The van der Waals surface area contributed by atoms with Crippen molar-refractivity contribution < 1.29 is 4.39 Å². The lowest BCUT2D eigenvalue weighted by Crippen LogP contribution is -2.19. The summed E-state index contributed by atoms with van der Waals surface area (Å²) in [6.07, 6.45) is 1.69. The lowest BCUT2D eigenvalue weighted by atomic mass is 10.2. The van der Waals surface area contributed by atoms with Gasteiger partial charge in [-0.15, -0.1) is 0 Å². The standard InChI is InChI=1S/C20H14BrClFN3O/c1-12-8-19(27)26-11-18(13-3-6-16(22)7-4-13)24-20(26)25(12)10-14-2-5-15(21)9-17(14)23/h2-9,11H,10H2,1H3. The number of imidazole rings is 1. The molecule has 0 spiro atoms. The van der Waals surface area contributed by atoms with Crippen LogP contribution in [0.4, 0.5) is 4.39 Å². The van der Waals surface area contributed by atoms with Gasteiger partial charge in [0.05, 0.1) is 12.2 Å². The molecule has 0 atom stereocenters. The highest BCUT2D eigenvalue weighted by Crippen LogP contribution is 2.22. The van der Waals surface area contributed by atoms with Gasteiger partial charge in [-0.05, 0) is 31.2 Å². The molecule has 4 nitrogen and oxygen atoms in total. The molecule has 4 rings (SSSR count). The molecule has 0 aliphatic rings. The first-order valence-electron chi connectivity index (χ1n) is 8.22. The molecule has 136 valence electrons. The number of aromatic nitrogens is 3. The third-order valence-corrected chi connectivity index (χ3v) is 5.15. The molecule has 0 aliphatic heterocycles. The first-order chi connectivity index (χ1) is 12.9. The Morgan fingerprint density at radius 3 is 2.59 bits per heavy atom. The number of rotatable bonds is 3. The van der Waals surface area contributed by atoms with Gasteiger partial charge in [0.1, 0.15) is 5.82 Å². The maximum atomic E-state index is 14.3. The normalized spacial score (nSPS) is 11.3. The zero-order chi connectivity index (χ0) is 19.1. The van der Waals surface area contributed by atoms with Crippen LogP contribution in [0.1, 0.15) is 11.3 Å². The van der Waals surface area contributed by atoms with E-state index in [1.54, 1.807) is 30.5 Å². The van der Waals surface area contributed by atoms with Crippen LogP contribution in [0.25, 0.3) is 17.0 Å². The van der Waals surface area contributed by atoms with Crippen LogP contribution in [0.3, 0.4) is 0 Å². The summed E-state index contributed by atoms with van der Waals surface area (Å²) >= 11 is 9.21. The van der Waals surface area contributed by atoms with Crippen LogP contribution < -0.4 is 5.56 Å². The molecule has 2 aromatic heterocycles. The fourth-order valence-electron chi connectivity index (χ4n) is 2.98. The highest BCUT2D eigenvalue weighted by atomic mass is 79.9. The molecular formula is C20H14BrClFN3O. The highest BCUT2D eigenvalue weighted by Gasteiger charge is 2.14. The van der Waals surface area contributed by atoms with Crippen molar-refractivity contribution in [1.82, 2.24) is 14.0 Å². The molecule has 27 heavy (non-hydrogen) atoms. The Kier molecular flexibility index (Phi) is 4.61. The first-order valence-corrected chi connectivity index (χ1v) is 9.39. The number of benzene rings is 2. The Morgan fingerprint density at radius 1 is 1.15 bits per heavy atom. The van der Waals surface area contributed by atoms with Gasteiger partial charge in [0.25, 0.3) is 5.56 Å². The van der Waals surface area contributed by atoms with Gasteiger partial charge >= 0.3 is 0 Å². The molecule has 0 aliphatic carbocycles. The van der Waals surface area contributed by atoms with Crippen LogP contribution in [-0.2, 0) is 6.54 Å². The Labute approximate surface area is 168 Å². The summed E-state index contributed by atoms with van der Waals surface area (Å²) < 4.78 is 18.3. The second-order valence-electron chi connectivity index (χ2n) is 6.25. The molecule has 2 aromatic carbocycles. The Morgan fingerprint density at radius 2 is 1.89 bits per heavy atom. The van der Waals surface area contributed by atoms with Gasteiger partial charge in [0.2, 0.25) is 5.78 Å². The van der Waals surface area contributed by atoms with E-state index in [2.05, 4.69) is 20.9 Å². The molecule has 0 saturated carbocycles. The molecule has 0 N–H and O–H groups in total. The molecule has 2 heterocycles. The Balaban J connectivity index is 1.87. The summed E-state index contributed by atoms with van der Waals surface area (Å²) in [5.74, 6) is 0.150. The molecule has 0 fully saturated rings. The number of aryl methyl sites for hydroxylation is 1. The monoisotopic (exact) mass is 445 g/mol. The van der Waals surface area contributed by atoms with Gasteiger partial charge < -0.3 is 4.57 Å². The van der Waals surface area contributed by atoms with Crippen molar-refractivity contribution in [3.8, 4) is 11.3 Å². The number of hydrogen-bond acceptors (Lipinski definition) is 2. The van der Waals surface area contributed by atoms with E-state index >= 15 is 0 Å². The molecule has 0 amide bonds. The van der Waals surface area contributed by atoms with E-state index < -0.39 is 0 Å². The van der Waals surface area contributed by atoms with Crippen LogP contribution in [0.2, 0.25) is 5.02 Å². The second-order valence-corrected chi connectivity index (χ2v) is 7.60. The minimum Gasteiger partial charge on any atom is -0.311 e. The summed E-state index contributed by atoms with van der Waals surface area (Å²) in [5.41, 5.74) is 2.55. The average Bonchev–Trinajstić information content (AvgIpc) is 3.06. The van der Waals surface area contributed by atoms with Crippen molar-refractivity contribution in [3.63, 3.8) is 0 Å². The van der Waals surface area contributed by atoms with Crippen molar-refractivity contribution in [2.45, 2.75) is 13.5 Å². The van der Waals surface area contributed by atoms with Crippen LogP contribution in [0, 0.1) is 12.7 Å². The van der Waals surface area contributed by atoms with Crippen molar-refractivity contribution in [2.24, 2.45) is 0 Å². The first kappa shape index (κ1) is 17.9. The summed E-state index contributed by atoms with van der Waals surface area (Å²) in [5, 5.41) is 0.628. The molecule has 7 heteroatoms. The van der Waals surface area contributed by atoms with Crippen molar-refractivity contribution in [2.75, 3.05) is 0 Å². The topological polar surface area (TPSA) is 39.3 Å². The van der Waals surface area contributed by atoms with Gasteiger partial charge in [0, 0.05) is 38.6 Å². The molecular weight excluding hydrogens is 433 g/mol. The summed E-state index contributed by atoms with van der Waals surface area (Å²) in [6, 6.07) is 13.7. The van der Waals surface area contributed by atoms with Gasteiger partial charge in [-0.1, -0.05) is 45.7 Å². The van der Waals surface area contributed by atoms with E-state index in [0.29, 0.717) is 32.2 Å². The van der Waals surface area contributed by atoms with Crippen LogP contribution in [0.5, 0.6) is 0 Å². The minimum atomic E-state index is -0.315. The summed E-state index contributed by atoms with van der Waals surface area (Å²) in [7, 11) is 0. The zero-order valence-electron chi connectivity index (χ0n) is 14.3. The highest BCUT2D eigenvalue weighted by molar-refractivity contribution is 9.10. The fourth-order valence-corrected chi connectivity index (χ4v) is 3.44. The molecule has 0 saturated heterocycles. The zero-order valence-corrected chi connectivity index (χ0v) is 16.6. The van der Waals surface area contributed by atoms with E-state index in [-0.39, 0.29) is 17.9 Å². The van der Waals surface area contributed by atoms with Crippen molar-refractivity contribution >= 4 is 33.3 Å². The smallest absolute Gasteiger partial charge is 0.259 e. The summed E-state index contributed by atoms with van der Waals surface area (Å²) in [4.78, 5) is 17.1. The number of hydrogen-bond donors (Lipinski definition) is 0. The minimum absolute atomic E-state index is 0.178. The van der Waals surface area contributed by atoms with Gasteiger partial charge in [0.15, 0.2) is 0 Å². The van der Waals surface area contributed by atoms with Crippen LogP contribution >= 0.6 is 27.5 Å². The van der Waals surface area contributed by atoms with Crippen molar-refractivity contribution in [3.05, 3.63) is 91.7 Å². The lowest BCUT2D eigenvalue weighted by molar-refractivity contribution is 0.596. The average molecular weight is 447 g/mol. The molecule has 0 radical (unpaired) electrons. The molecule has 0 bridgehead atoms. The predicted octanol–water partition coefficient (Wildman–Crippen LogP) is 5.07. The fraction of sp³-hybridized carbons (Fsp3) is 0.100. The number of nitrogens with zero attached hydrogens (tertiary/aromatic N) is 3. The SMILES string of the molecule is Cc1cc(=O)n2cc(-c3ccc(Cl)cc3)nc2n1Cc1ccc(Br)cc1F. The van der Waals surface area contributed by atoms with E-state index in [1.807, 2.05) is 23.6 Å². The Hall–Kier alpha value is -2.44. The quantitative estimate of drug-likeness (QED) is 0.440. The third kappa shape index (κ3) is 3.42. The maximum absolute atomic E-state index is 14.3. The maximum Gasteiger partial charge on any atom is 0.259 e. The van der Waals surface area contributed by atoms with Crippen molar-refractivity contribution in [1.29, 1.82) is 0 Å². The Bertz CT molecular complexity index is 1210. The van der Waals surface area contributed by atoms with E-state index in [0.717, 1.165) is 5.56 Å². The summed E-state index contributed by atoms with van der Waals surface area (Å²) in [6.45, 7) is 2.08.